The molecule has 122 valence electrons. The molecule has 2 N–H and O–H groups in total. The van der Waals surface area contributed by atoms with Gasteiger partial charge in [0.2, 0.25) is 0 Å². The van der Waals surface area contributed by atoms with Crippen molar-refractivity contribution in [3.8, 4) is 5.75 Å². The molecule has 0 aliphatic heterocycles. The highest BCUT2D eigenvalue weighted by Gasteiger charge is 2.21. The van der Waals surface area contributed by atoms with Crippen LogP contribution in [0.25, 0.3) is 10.8 Å². The molecule has 0 bridgehead atoms. The third kappa shape index (κ3) is 3.12. The van der Waals surface area contributed by atoms with E-state index in [-0.39, 0.29) is 11.4 Å². The standard InChI is InChI=1S/C17H14N2O4S/c1-11-7-8-12-10-15(24(21,22)23)16(17(20)14(12)9-11)19-18-13-5-3-2-4-6-13/h2-10,20H,1H3,(H,21,22,23). The summed E-state index contributed by atoms with van der Waals surface area (Å²) in [4.78, 5) is -0.490. The van der Waals surface area contributed by atoms with Gasteiger partial charge in [0, 0.05) is 5.39 Å². The Morgan fingerprint density at radius 2 is 1.67 bits per heavy atom. The van der Waals surface area contributed by atoms with Gasteiger partial charge >= 0.3 is 0 Å². The lowest BCUT2D eigenvalue weighted by atomic mass is 10.1. The van der Waals surface area contributed by atoms with Crippen LogP contribution in [-0.2, 0) is 10.1 Å². The zero-order chi connectivity index (χ0) is 17.3. The van der Waals surface area contributed by atoms with Crippen molar-refractivity contribution in [1.29, 1.82) is 0 Å². The summed E-state index contributed by atoms with van der Waals surface area (Å²) in [5.74, 6) is -0.344. The number of nitrogens with zero attached hydrogens (tertiary/aromatic N) is 2. The fourth-order valence-electron chi connectivity index (χ4n) is 2.35. The Bertz CT molecular complexity index is 1050. The van der Waals surface area contributed by atoms with Crippen LogP contribution in [-0.4, -0.2) is 18.1 Å². The summed E-state index contributed by atoms with van der Waals surface area (Å²) in [5, 5.41) is 19.2. The monoisotopic (exact) mass is 342 g/mol. The quantitative estimate of drug-likeness (QED) is 0.540. The molecule has 0 aliphatic carbocycles. The molecular formula is C17H14N2O4S. The Hall–Kier alpha value is -2.77. The normalized spacial score (nSPS) is 12.1. The lowest BCUT2D eigenvalue weighted by Gasteiger charge is -2.09. The Balaban J connectivity index is 2.27. The molecule has 0 amide bonds. The van der Waals surface area contributed by atoms with Crippen LogP contribution >= 0.6 is 0 Å². The molecule has 0 fully saturated rings. The van der Waals surface area contributed by atoms with Crippen molar-refractivity contribution in [2.24, 2.45) is 10.2 Å². The van der Waals surface area contributed by atoms with Crippen LogP contribution in [0.4, 0.5) is 11.4 Å². The molecular weight excluding hydrogens is 328 g/mol. The third-order valence-corrected chi connectivity index (χ3v) is 4.37. The van der Waals surface area contributed by atoms with Gasteiger partial charge in [-0.15, -0.1) is 5.11 Å². The fourth-order valence-corrected chi connectivity index (χ4v) is 3.01. The van der Waals surface area contributed by atoms with Crippen LogP contribution in [0.15, 0.2) is 69.7 Å². The van der Waals surface area contributed by atoms with E-state index in [4.69, 9.17) is 0 Å². The molecule has 0 atom stereocenters. The van der Waals surface area contributed by atoms with E-state index >= 15 is 0 Å². The summed E-state index contributed by atoms with van der Waals surface area (Å²) in [5.41, 5.74) is 1.09. The number of benzene rings is 3. The maximum Gasteiger partial charge on any atom is 0.296 e. The molecule has 0 aliphatic rings. The van der Waals surface area contributed by atoms with Crippen LogP contribution in [0.5, 0.6) is 5.75 Å². The minimum atomic E-state index is -4.58. The van der Waals surface area contributed by atoms with Gasteiger partial charge in [-0.1, -0.05) is 35.9 Å². The van der Waals surface area contributed by atoms with Gasteiger partial charge in [0.15, 0.2) is 5.75 Å². The number of aryl methyl sites for hydroxylation is 1. The van der Waals surface area contributed by atoms with E-state index in [2.05, 4.69) is 10.2 Å². The highest BCUT2D eigenvalue weighted by atomic mass is 32.2. The number of aromatic hydroxyl groups is 1. The van der Waals surface area contributed by atoms with Crippen LogP contribution in [0, 0.1) is 6.92 Å². The highest BCUT2D eigenvalue weighted by Crippen LogP contribution is 2.41. The van der Waals surface area contributed by atoms with Crippen molar-refractivity contribution in [3.05, 3.63) is 60.2 Å². The predicted molar refractivity (Wildman–Crippen MR) is 90.8 cm³/mol. The predicted octanol–water partition coefficient (Wildman–Crippen LogP) is 4.52. The largest absolute Gasteiger partial charge is 0.505 e. The molecule has 0 aromatic heterocycles. The van der Waals surface area contributed by atoms with Crippen LogP contribution in [0.2, 0.25) is 0 Å². The van der Waals surface area contributed by atoms with E-state index in [1.54, 1.807) is 48.5 Å². The van der Waals surface area contributed by atoms with Gasteiger partial charge in [0.05, 0.1) is 5.69 Å². The molecule has 7 heteroatoms. The van der Waals surface area contributed by atoms with E-state index in [0.717, 1.165) is 5.56 Å². The molecule has 0 saturated heterocycles. The summed E-state index contributed by atoms with van der Waals surface area (Å²) in [7, 11) is -4.58. The maximum absolute atomic E-state index is 11.7. The molecule has 0 unspecified atom stereocenters. The summed E-state index contributed by atoms with van der Waals surface area (Å²) < 4.78 is 32.8. The van der Waals surface area contributed by atoms with Crippen molar-refractivity contribution < 1.29 is 18.1 Å². The first-order valence-corrected chi connectivity index (χ1v) is 8.51. The SMILES string of the molecule is Cc1ccc2cc(S(=O)(=O)O)c(N=Nc3ccccc3)c(O)c2c1. The lowest BCUT2D eigenvalue weighted by molar-refractivity contribution is 0.472. The number of hydrogen-bond acceptors (Lipinski definition) is 5. The summed E-state index contributed by atoms with van der Waals surface area (Å²) >= 11 is 0. The molecule has 0 radical (unpaired) electrons. The second-order valence-electron chi connectivity index (χ2n) is 5.31. The second-order valence-corrected chi connectivity index (χ2v) is 6.70. The first-order valence-electron chi connectivity index (χ1n) is 7.07. The minimum Gasteiger partial charge on any atom is -0.505 e. The lowest BCUT2D eigenvalue weighted by Crippen LogP contribution is -1.99. The van der Waals surface area contributed by atoms with E-state index in [9.17, 15) is 18.1 Å². The number of phenolic OH excluding ortho intramolecular Hbond substituents is 1. The van der Waals surface area contributed by atoms with Crippen molar-refractivity contribution in [2.75, 3.05) is 0 Å². The number of fused-ring (bicyclic) bond motifs is 1. The van der Waals surface area contributed by atoms with Gasteiger partial charge in [-0.2, -0.15) is 13.5 Å². The van der Waals surface area contributed by atoms with E-state index < -0.39 is 15.0 Å². The van der Waals surface area contributed by atoms with Gasteiger partial charge < -0.3 is 5.11 Å². The Kier molecular flexibility index (Phi) is 4.04. The average Bonchev–Trinajstić information content (AvgIpc) is 2.54. The number of rotatable bonds is 3. The van der Waals surface area contributed by atoms with Gasteiger partial charge in [0.1, 0.15) is 10.6 Å². The molecule has 3 aromatic carbocycles. The zero-order valence-corrected chi connectivity index (χ0v) is 13.5. The summed E-state index contributed by atoms with van der Waals surface area (Å²) in [6.07, 6.45) is 0. The average molecular weight is 342 g/mol. The van der Waals surface area contributed by atoms with Crippen molar-refractivity contribution in [1.82, 2.24) is 0 Å². The van der Waals surface area contributed by atoms with Crippen LogP contribution in [0.3, 0.4) is 0 Å². The molecule has 0 saturated carbocycles. The van der Waals surface area contributed by atoms with Gasteiger partial charge in [0.25, 0.3) is 10.1 Å². The van der Waals surface area contributed by atoms with Gasteiger partial charge in [-0.3, -0.25) is 4.55 Å². The number of azo groups is 1. The Morgan fingerprint density at radius 3 is 2.33 bits per heavy atom. The smallest absolute Gasteiger partial charge is 0.296 e. The topological polar surface area (TPSA) is 99.3 Å². The maximum atomic E-state index is 11.7. The van der Waals surface area contributed by atoms with Gasteiger partial charge in [-0.05, 0) is 36.6 Å². The van der Waals surface area contributed by atoms with E-state index in [1.165, 1.54) is 6.07 Å². The second kappa shape index (κ2) is 6.03. The molecule has 6 nitrogen and oxygen atoms in total. The van der Waals surface area contributed by atoms with Crippen molar-refractivity contribution in [3.63, 3.8) is 0 Å². The van der Waals surface area contributed by atoms with E-state index in [1.807, 2.05) is 6.92 Å². The highest BCUT2D eigenvalue weighted by molar-refractivity contribution is 7.86. The van der Waals surface area contributed by atoms with Crippen LogP contribution in [0.1, 0.15) is 5.56 Å². The molecule has 0 heterocycles. The zero-order valence-electron chi connectivity index (χ0n) is 12.7. The van der Waals surface area contributed by atoms with E-state index in [0.29, 0.717) is 16.5 Å². The third-order valence-electron chi connectivity index (χ3n) is 3.51. The molecule has 0 spiro atoms. The summed E-state index contributed by atoms with van der Waals surface area (Å²) in [6, 6.07) is 15.1. The van der Waals surface area contributed by atoms with Crippen LogP contribution < -0.4 is 0 Å². The summed E-state index contributed by atoms with van der Waals surface area (Å²) in [6.45, 7) is 1.85. The molecule has 24 heavy (non-hydrogen) atoms. The number of phenols is 1. The first-order chi connectivity index (χ1) is 11.4. The van der Waals surface area contributed by atoms with Crippen molar-refractivity contribution in [2.45, 2.75) is 11.8 Å². The molecule has 3 aromatic rings. The fraction of sp³-hybridized carbons (Fsp3) is 0.0588. The van der Waals surface area contributed by atoms with Crippen molar-refractivity contribution >= 4 is 32.3 Å². The Labute approximate surface area is 138 Å². The molecule has 3 rings (SSSR count). The number of hydrogen-bond donors (Lipinski definition) is 2. The first kappa shape index (κ1) is 16.1. The van der Waals surface area contributed by atoms with Gasteiger partial charge in [-0.25, -0.2) is 0 Å². The Morgan fingerprint density at radius 1 is 0.958 bits per heavy atom. The minimum absolute atomic E-state index is 0.292.